The minimum atomic E-state index is -2.97. The molecule has 2 aliphatic heterocycles. The number of likely N-dealkylation sites (tertiary alicyclic amines) is 2. The van der Waals surface area contributed by atoms with E-state index in [1.165, 1.54) is 4.90 Å². The van der Waals surface area contributed by atoms with Crippen molar-refractivity contribution >= 4 is 28.9 Å². The molecular weight excluding hydrogens is 627 g/mol. The van der Waals surface area contributed by atoms with Crippen LogP contribution in [0.1, 0.15) is 94.1 Å². The van der Waals surface area contributed by atoms with Gasteiger partial charge in [-0.15, -0.1) is 0 Å². The van der Waals surface area contributed by atoms with Crippen LogP contribution in [0.4, 0.5) is 18.0 Å². The van der Waals surface area contributed by atoms with Crippen LogP contribution in [0.5, 0.6) is 0 Å². The van der Waals surface area contributed by atoms with E-state index in [9.17, 15) is 23.2 Å². The molecule has 11 nitrogen and oxygen atoms in total. The highest BCUT2D eigenvalue weighted by Gasteiger charge is 2.51. The topological polar surface area (TPSA) is 125 Å². The fraction of sp³-hybridized carbons (Fsp3) is 0.618. The van der Waals surface area contributed by atoms with Crippen molar-refractivity contribution in [3.05, 3.63) is 47.3 Å². The van der Waals surface area contributed by atoms with Gasteiger partial charge in [-0.3, -0.25) is 14.3 Å². The second kappa shape index (κ2) is 12.7. The van der Waals surface area contributed by atoms with Crippen molar-refractivity contribution in [2.45, 2.75) is 90.3 Å². The van der Waals surface area contributed by atoms with Crippen LogP contribution in [0.3, 0.4) is 0 Å². The van der Waals surface area contributed by atoms with Gasteiger partial charge in [0.2, 0.25) is 5.91 Å². The van der Waals surface area contributed by atoms with Crippen LogP contribution < -0.4 is 5.32 Å². The molecule has 0 radical (unpaired) electrons. The minimum Gasteiger partial charge on any atom is -0.444 e. The van der Waals surface area contributed by atoms with Crippen molar-refractivity contribution in [3.63, 3.8) is 0 Å². The van der Waals surface area contributed by atoms with Gasteiger partial charge in [-0.05, 0) is 70.1 Å². The Balaban J connectivity index is 1.33. The summed E-state index contributed by atoms with van der Waals surface area (Å²) >= 11 is 0. The maximum Gasteiger partial charge on any atom is 0.410 e. The molecule has 3 fully saturated rings. The zero-order chi connectivity index (χ0) is 34.5. The maximum absolute atomic E-state index is 16.6. The van der Waals surface area contributed by atoms with Gasteiger partial charge in [-0.1, -0.05) is 25.8 Å². The van der Waals surface area contributed by atoms with Gasteiger partial charge in [0.15, 0.2) is 5.82 Å². The first-order valence-corrected chi connectivity index (χ1v) is 16.8. The monoisotopic (exact) mass is 671 g/mol. The summed E-state index contributed by atoms with van der Waals surface area (Å²) < 4.78 is 51.2. The van der Waals surface area contributed by atoms with Crippen LogP contribution in [0, 0.1) is 23.6 Å². The van der Waals surface area contributed by atoms with Gasteiger partial charge in [0.1, 0.15) is 22.6 Å². The molecule has 3 amide bonds. The lowest BCUT2D eigenvalue weighted by Gasteiger charge is -2.40. The van der Waals surface area contributed by atoms with Crippen molar-refractivity contribution in [3.8, 4) is 0 Å². The molecule has 260 valence electrons. The number of carbonyl (C=O) groups is 3. The summed E-state index contributed by atoms with van der Waals surface area (Å²) in [6, 6.07) is 4.37. The Labute approximate surface area is 277 Å². The van der Waals surface area contributed by atoms with Crippen LogP contribution >= 0.6 is 0 Å². The zero-order valence-electron chi connectivity index (χ0n) is 28.1. The van der Waals surface area contributed by atoms with E-state index in [1.807, 2.05) is 6.92 Å². The maximum atomic E-state index is 16.6. The van der Waals surface area contributed by atoms with E-state index in [-0.39, 0.29) is 36.0 Å². The Kier molecular flexibility index (Phi) is 8.97. The number of amides is 3. The molecular formula is C34H44F3N7O4. The largest absolute Gasteiger partial charge is 0.444 e. The van der Waals surface area contributed by atoms with Gasteiger partial charge >= 0.3 is 6.09 Å². The number of ether oxygens (including phenoxy) is 1. The molecule has 2 aromatic heterocycles. The van der Waals surface area contributed by atoms with E-state index in [1.54, 1.807) is 49.8 Å². The van der Waals surface area contributed by atoms with Gasteiger partial charge in [-0.25, -0.2) is 22.9 Å². The number of alkyl halides is 2. The number of H-pyrrole nitrogens is 1. The van der Waals surface area contributed by atoms with Crippen LogP contribution in [-0.4, -0.2) is 85.2 Å². The average molecular weight is 672 g/mol. The van der Waals surface area contributed by atoms with Crippen molar-refractivity contribution in [2.24, 2.45) is 17.8 Å². The van der Waals surface area contributed by atoms with Gasteiger partial charge < -0.3 is 24.8 Å². The summed E-state index contributed by atoms with van der Waals surface area (Å²) in [5.74, 6) is -5.18. The molecule has 2 saturated heterocycles. The highest BCUT2D eigenvalue weighted by molar-refractivity contribution is 5.92. The number of nitrogens with one attached hydrogen (secondary N) is 2. The predicted octanol–water partition coefficient (Wildman–Crippen LogP) is 5.64. The third-order valence-electron chi connectivity index (χ3n) is 9.85. The van der Waals surface area contributed by atoms with Crippen molar-refractivity contribution in [2.75, 3.05) is 26.2 Å². The third-order valence-corrected chi connectivity index (χ3v) is 9.85. The molecule has 48 heavy (non-hydrogen) atoms. The van der Waals surface area contributed by atoms with E-state index in [0.717, 1.165) is 30.6 Å². The first kappa shape index (κ1) is 33.8. The van der Waals surface area contributed by atoms with E-state index in [0.29, 0.717) is 29.5 Å². The Bertz CT molecular complexity index is 1680. The number of aromatic nitrogens is 4. The normalized spacial score (nSPS) is 24.8. The lowest BCUT2D eigenvalue weighted by molar-refractivity contribution is -0.169. The van der Waals surface area contributed by atoms with Crippen LogP contribution in [0.2, 0.25) is 0 Å². The number of hydrogen-bond donors (Lipinski definition) is 2. The summed E-state index contributed by atoms with van der Waals surface area (Å²) in [5, 5.41) is 7.37. The third kappa shape index (κ3) is 6.75. The Morgan fingerprint density at radius 2 is 1.79 bits per heavy atom. The van der Waals surface area contributed by atoms with E-state index in [2.05, 4.69) is 22.3 Å². The van der Waals surface area contributed by atoms with E-state index < -0.39 is 60.3 Å². The molecule has 1 saturated carbocycles. The number of aryl methyl sites for hydroxylation is 1. The molecule has 1 aromatic carbocycles. The summed E-state index contributed by atoms with van der Waals surface area (Å²) in [6.07, 6.45) is 4.64. The Hall–Kier alpha value is -4.10. The number of hydrogen-bond acceptors (Lipinski definition) is 6. The van der Waals surface area contributed by atoms with Gasteiger partial charge in [-0.2, -0.15) is 5.10 Å². The van der Waals surface area contributed by atoms with E-state index >= 15 is 4.39 Å². The number of nitrogens with zero attached hydrogens (tertiary/aromatic N) is 5. The Morgan fingerprint density at radius 1 is 1.08 bits per heavy atom. The molecule has 3 unspecified atom stereocenters. The molecule has 3 aliphatic rings. The van der Waals surface area contributed by atoms with Crippen LogP contribution in [-0.2, 0) is 16.1 Å². The standard InChI is InChI=1S/C34H44F3N7O4/c1-6-44-25(13-14-38-44)30(45)41-27(20-9-7-19(2)8-10-20)29-39-24-12-11-21(26(35)28(24)40-29)22-15-42(32(47)48-33(3,4)5)16-23(22)31(46)43-17-34(36,37)18-43/h11-14,19-20,22-23,27H,6-10,15-18H2,1-5H3,(H,39,40)(H,41,45). The second-order valence-electron chi connectivity index (χ2n) is 14.6. The van der Waals surface area contributed by atoms with Crippen LogP contribution in [0.25, 0.3) is 11.0 Å². The van der Waals surface area contributed by atoms with Gasteiger partial charge in [0.25, 0.3) is 11.8 Å². The number of rotatable bonds is 7. The number of halogens is 3. The predicted molar refractivity (Wildman–Crippen MR) is 171 cm³/mol. The van der Waals surface area contributed by atoms with Gasteiger partial charge in [0.05, 0.1) is 30.6 Å². The second-order valence-corrected chi connectivity index (χ2v) is 14.6. The number of carbonyl (C=O) groups excluding carboxylic acids is 3. The number of benzene rings is 1. The van der Waals surface area contributed by atoms with Crippen LogP contribution in [0.15, 0.2) is 24.4 Å². The molecule has 0 bridgehead atoms. The number of imidazole rings is 1. The van der Waals surface area contributed by atoms with Crippen molar-refractivity contribution in [1.29, 1.82) is 0 Å². The van der Waals surface area contributed by atoms with Gasteiger partial charge in [0, 0.05) is 31.7 Å². The fourth-order valence-corrected chi connectivity index (χ4v) is 7.28. The van der Waals surface area contributed by atoms with Crippen molar-refractivity contribution in [1.82, 2.24) is 34.9 Å². The highest BCUT2D eigenvalue weighted by atomic mass is 19.3. The van der Waals surface area contributed by atoms with E-state index in [4.69, 9.17) is 9.72 Å². The molecule has 1 aliphatic carbocycles. The summed E-state index contributed by atoms with van der Waals surface area (Å²) in [6.45, 7) is 8.24. The molecule has 3 aromatic rings. The fourth-order valence-electron chi connectivity index (χ4n) is 7.28. The first-order chi connectivity index (χ1) is 22.6. The molecule has 14 heteroatoms. The summed E-state index contributed by atoms with van der Waals surface area (Å²) in [7, 11) is 0. The molecule has 0 spiro atoms. The smallest absolute Gasteiger partial charge is 0.410 e. The summed E-state index contributed by atoms with van der Waals surface area (Å²) in [5.41, 5.74) is 0.240. The minimum absolute atomic E-state index is 0.0285. The number of fused-ring (bicyclic) bond motifs is 1. The van der Waals surface area contributed by atoms with Crippen molar-refractivity contribution < 1.29 is 32.3 Å². The highest BCUT2D eigenvalue weighted by Crippen LogP contribution is 2.41. The quantitative estimate of drug-likeness (QED) is 0.335. The Morgan fingerprint density at radius 3 is 2.44 bits per heavy atom. The number of aromatic amines is 1. The lowest BCUT2D eigenvalue weighted by atomic mass is 9.79. The first-order valence-electron chi connectivity index (χ1n) is 16.8. The SMILES string of the molecule is CCn1nccc1C(=O)NC(c1nc2c(F)c(C3CN(C(=O)OC(C)(C)C)CC3C(=O)N3CC(F)(F)C3)ccc2[nH]1)C1CCC(C)CC1. The summed E-state index contributed by atoms with van der Waals surface area (Å²) in [4.78, 5) is 50.3. The molecule has 4 heterocycles. The zero-order valence-corrected chi connectivity index (χ0v) is 28.1. The average Bonchev–Trinajstić information content (AvgIpc) is 3.77. The molecule has 3 atom stereocenters. The lowest BCUT2D eigenvalue weighted by Crippen LogP contribution is -2.60. The molecule has 6 rings (SSSR count). The molecule has 2 N–H and O–H groups in total.